The normalized spacial score (nSPS) is 13.6. The van der Waals surface area contributed by atoms with Crippen LogP contribution < -0.4 is 5.32 Å². The summed E-state index contributed by atoms with van der Waals surface area (Å²) in [6.45, 7) is 12.3. The molecule has 0 bridgehead atoms. The first-order valence-electron chi connectivity index (χ1n) is 4.70. The van der Waals surface area contributed by atoms with Crippen molar-refractivity contribution in [1.29, 1.82) is 0 Å². The minimum absolute atomic E-state index is 0.625. The minimum Gasteiger partial charge on any atom is -0.312 e. The minimum atomic E-state index is 0.625. The first-order chi connectivity index (χ1) is 5.70. The van der Waals surface area contributed by atoms with E-state index in [0.29, 0.717) is 5.92 Å². The Hall–Kier alpha value is -0.560. The molecule has 0 saturated carbocycles. The zero-order valence-corrected chi connectivity index (χ0v) is 8.56. The summed E-state index contributed by atoms with van der Waals surface area (Å²) in [5.74, 6) is 0.625. The summed E-state index contributed by atoms with van der Waals surface area (Å²) in [6, 6.07) is 0. The molecular weight excluding hydrogens is 146 g/mol. The van der Waals surface area contributed by atoms with Crippen LogP contribution in [-0.2, 0) is 0 Å². The van der Waals surface area contributed by atoms with E-state index in [1.807, 2.05) is 0 Å². The SMILES string of the molecule is C=C(CC)CNCC(C)C=CC. The molecular formula is C11H21N. The molecule has 0 aromatic rings. The Morgan fingerprint density at radius 1 is 1.58 bits per heavy atom. The third kappa shape index (κ3) is 6.17. The van der Waals surface area contributed by atoms with E-state index >= 15 is 0 Å². The second-order valence-corrected chi connectivity index (χ2v) is 3.24. The zero-order chi connectivity index (χ0) is 9.40. The van der Waals surface area contributed by atoms with Crippen molar-refractivity contribution >= 4 is 0 Å². The fourth-order valence-electron chi connectivity index (χ4n) is 0.998. The van der Waals surface area contributed by atoms with Gasteiger partial charge < -0.3 is 5.32 Å². The summed E-state index contributed by atoms with van der Waals surface area (Å²) in [5, 5.41) is 3.37. The van der Waals surface area contributed by atoms with Crippen LogP contribution in [0.5, 0.6) is 0 Å². The molecule has 0 heterocycles. The Labute approximate surface area is 76.6 Å². The van der Waals surface area contributed by atoms with E-state index in [1.165, 1.54) is 5.57 Å². The van der Waals surface area contributed by atoms with Crippen LogP contribution >= 0.6 is 0 Å². The van der Waals surface area contributed by atoms with Crippen LogP contribution in [0.25, 0.3) is 0 Å². The largest absolute Gasteiger partial charge is 0.312 e. The van der Waals surface area contributed by atoms with Crippen LogP contribution in [0.3, 0.4) is 0 Å². The maximum atomic E-state index is 3.94. The zero-order valence-electron chi connectivity index (χ0n) is 8.56. The molecule has 0 aromatic heterocycles. The van der Waals surface area contributed by atoms with Crippen LogP contribution in [0.4, 0.5) is 0 Å². The van der Waals surface area contributed by atoms with Crippen molar-refractivity contribution in [2.24, 2.45) is 5.92 Å². The van der Waals surface area contributed by atoms with Gasteiger partial charge in [0, 0.05) is 13.1 Å². The lowest BCUT2D eigenvalue weighted by atomic mass is 10.1. The maximum absolute atomic E-state index is 3.94. The summed E-state index contributed by atoms with van der Waals surface area (Å²) in [5.41, 5.74) is 1.28. The average molecular weight is 167 g/mol. The van der Waals surface area contributed by atoms with Crippen LogP contribution in [0.2, 0.25) is 0 Å². The molecule has 0 radical (unpaired) electrons. The Bertz CT molecular complexity index is 147. The van der Waals surface area contributed by atoms with Crippen LogP contribution in [0, 0.1) is 5.92 Å². The van der Waals surface area contributed by atoms with Gasteiger partial charge in [-0.15, -0.1) is 0 Å². The molecule has 0 aliphatic carbocycles. The molecule has 0 amide bonds. The molecule has 0 aromatic carbocycles. The highest BCUT2D eigenvalue weighted by atomic mass is 14.9. The second-order valence-electron chi connectivity index (χ2n) is 3.24. The standard InChI is InChI=1S/C11H21N/c1-5-7-11(4)9-12-8-10(3)6-2/h5,7,11-12H,3,6,8-9H2,1-2,4H3. The lowest BCUT2D eigenvalue weighted by molar-refractivity contribution is 0.614. The summed E-state index contributed by atoms with van der Waals surface area (Å²) >= 11 is 0. The molecule has 1 N–H and O–H groups in total. The lowest BCUT2D eigenvalue weighted by Crippen LogP contribution is -2.22. The first kappa shape index (κ1) is 11.4. The molecule has 0 rings (SSSR count). The quantitative estimate of drug-likeness (QED) is 0.600. The fraction of sp³-hybridized carbons (Fsp3) is 0.636. The number of hydrogen-bond acceptors (Lipinski definition) is 1. The maximum Gasteiger partial charge on any atom is 0.0162 e. The molecule has 1 heteroatoms. The number of hydrogen-bond donors (Lipinski definition) is 1. The van der Waals surface area contributed by atoms with E-state index < -0.39 is 0 Å². The smallest absolute Gasteiger partial charge is 0.0162 e. The summed E-state index contributed by atoms with van der Waals surface area (Å²) in [4.78, 5) is 0. The molecule has 0 fully saturated rings. The second kappa shape index (κ2) is 7.11. The summed E-state index contributed by atoms with van der Waals surface area (Å²) < 4.78 is 0. The van der Waals surface area contributed by atoms with Gasteiger partial charge >= 0.3 is 0 Å². The highest BCUT2D eigenvalue weighted by Gasteiger charge is 1.95. The molecule has 1 unspecified atom stereocenters. The van der Waals surface area contributed by atoms with Crippen LogP contribution in [0.1, 0.15) is 27.2 Å². The average Bonchev–Trinajstić information content (AvgIpc) is 2.04. The first-order valence-corrected chi connectivity index (χ1v) is 4.70. The van der Waals surface area contributed by atoms with Crippen molar-refractivity contribution < 1.29 is 0 Å². The molecule has 1 nitrogen and oxygen atoms in total. The van der Waals surface area contributed by atoms with Gasteiger partial charge in [0.1, 0.15) is 0 Å². The van der Waals surface area contributed by atoms with Gasteiger partial charge in [0.15, 0.2) is 0 Å². The topological polar surface area (TPSA) is 12.0 Å². The Morgan fingerprint density at radius 3 is 2.75 bits per heavy atom. The van der Waals surface area contributed by atoms with Gasteiger partial charge in [0.25, 0.3) is 0 Å². The van der Waals surface area contributed by atoms with Crippen molar-refractivity contribution in [2.75, 3.05) is 13.1 Å². The Kier molecular flexibility index (Phi) is 6.78. The highest BCUT2D eigenvalue weighted by molar-refractivity contribution is 4.95. The van der Waals surface area contributed by atoms with Crippen molar-refractivity contribution in [3.63, 3.8) is 0 Å². The molecule has 1 atom stereocenters. The van der Waals surface area contributed by atoms with Crippen LogP contribution in [-0.4, -0.2) is 13.1 Å². The number of nitrogens with one attached hydrogen (secondary N) is 1. The Balaban J connectivity index is 3.36. The molecule has 0 saturated heterocycles. The summed E-state index contributed by atoms with van der Waals surface area (Å²) in [7, 11) is 0. The molecule has 12 heavy (non-hydrogen) atoms. The van der Waals surface area contributed by atoms with E-state index in [2.05, 4.69) is 44.8 Å². The van der Waals surface area contributed by atoms with Crippen molar-refractivity contribution in [3.8, 4) is 0 Å². The van der Waals surface area contributed by atoms with Crippen molar-refractivity contribution in [3.05, 3.63) is 24.3 Å². The van der Waals surface area contributed by atoms with Gasteiger partial charge in [0.2, 0.25) is 0 Å². The van der Waals surface area contributed by atoms with E-state index in [0.717, 1.165) is 19.5 Å². The van der Waals surface area contributed by atoms with Gasteiger partial charge in [-0.1, -0.05) is 38.2 Å². The monoisotopic (exact) mass is 167 g/mol. The molecule has 0 aliphatic rings. The number of rotatable bonds is 6. The van der Waals surface area contributed by atoms with E-state index in [1.54, 1.807) is 0 Å². The van der Waals surface area contributed by atoms with Gasteiger partial charge in [-0.05, 0) is 19.3 Å². The molecule has 70 valence electrons. The van der Waals surface area contributed by atoms with Crippen LogP contribution in [0.15, 0.2) is 24.3 Å². The van der Waals surface area contributed by atoms with E-state index in [9.17, 15) is 0 Å². The summed E-state index contributed by atoms with van der Waals surface area (Å²) in [6.07, 6.45) is 5.38. The third-order valence-corrected chi connectivity index (χ3v) is 1.86. The van der Waals surface area contributed by atoms with Crippen molar-refractivity contribution in [2.45, 2.75) is 27.2 Å². The van der Waals surface area contributed by atoms with Gasteiger partial charge in [-0.2, -0.15) is 0 Å². The van der Waals surface area contributed by atoms with Gasteiger partial charge in [-0.3, -0.25) is 0 Å². The Morgan fingerprint density at radius 2 is 2.25 bits per heavy atom. The van der Waals surface area contributed by atoms with Crippen molar-refractivity contribution in [1.82, 2.24) is 5.32 Å². The predicted octanol–water partition coefficient (Wildman–Crippen LogP) is 2.75. The molecule has 0 aliphatic heterocycles. The van der Waals surface area contributed by atoms with Gasteiger partial charge in [-0.25, -0.2) is 0 Å². The predicted molar refractivity (Wildman–Crippen MR) is 56.3 cm³/mol. The van der Waals surface area contributed by atoms with Gasteiger partial charge in [0.05, 0.1) is 0 Å². The van der Waals surface area contributed by atoms with E-state index in [4.69, 9.17) is 0 Å². The number of allylic oxidation sites excluding steroid dienone is 1. The molecule has 0 spiro atoms. The highest BCUT2D eigenvalue weighted by Crippen LogP contribution is 1.96. The lowest BCUT2D eigenvalue weighted by Gasteiger charge is -2.08. The van der Waals surface area contributed by atoms with E-state index in [-0.39, 0.29) is 0 Å². The third-order valence-electron chi connectivity index (χ3n) is 1.86. The fourth-order valence-corrected chi connectivity index (χ4v) is 0.998.